The van der Waals surface area contributed by atoms with Gasteiger partial charge in [-0.15, -0.1) is 0 Å². The second-order valence-electron chi connectivity index (χ2n) is 22.0. The molecule has 0 fully saturated rings. The molecule has 70 heavy (non-hydrogen) atoms. The first-order valence-corrected chi connectivity index (χ1v) is 23.8. The Kier molecular flexibility index (Phi) is 21.1. The van der Waals surface area contributed by atoms with E-state index in [1.54, 1.807) is 69.4 Å². The molecule has 0 saturated heterocycles. The van der Waals surface area contributed by atoms with E-state index in [1.807, 2.05) is 69.8 Å². The van der Waals surface area contributed by atoms with Crippen molar-refractivity contribution in [3.8, 4) is 0 Å². The molecule has 0 unspecified atom stereocenters. The summed E-state index contributed by atoms with van der Waals surface area (Å²) in [4.78, 5) is 108. The third kappa shape index (κ3) is 17.7. The zero-order valence-corrected chi connectivity index (χ0v) is 44.5. The second kappa shape index (κ2) is 24.6. The Morgan fingerprint density at radius 1 is 0.757 bits per heavy atom. The number of carbonyl (C=O) groups is 8. The smallest absolute Gasteiger partial charge is 0.410 e. The van der Waals surface area contributed by atoms with Crippen LogP contribution in [0.25, 0.3) is 10.9 Å². The molecule has 1 aromatic carbocycles. The number of unbranched alkanes of at least 4 members (excludes halogenated alkanes) is 1. The van der Waals surface area contributed by atoms with Gasteiger partial charge in [0.05, 0.1) is 6.04 Å². The van der Waals surface area contributed by atoms with Gasteiger partial charge < -0.3 is 50.4 Å². The molecule has 0 saturated carbocycles. The summed E-state index contributed by atoms with van der Waals surface area (Å²) in [7, 11) is 4.95. The number of alkyl carbamates (subject to hydrolysis) is 1. The van der Waals surface area contributed by atoms with Crippen LogP contribution < -0.4 is 21.3 Å². The lowest BCUT2D eigenvalue weighted by atomic mass is 9.76. The molecule has 0 aliphatic rings. The molecule has 1 heterocycles. The van der Waals surface area contributed by atoms with Crippen molar-refractivity contribution < 1.29 is 58.0 Å². The molecule has 19 heteroatoms. The van der Waals surface area contributed by atoms with Gasteiger partial charge in [0.15, 0.2) is 0 Å². The van der Waals surface area contributed by atoms with Gasteiger partial charge in [-0.3, -0.25) is 24.1 Å². The number of aryl methyl sites for hydroxylation is 1. The molecule has 392 valence electrons. The van der Waals surface area contributed by atoms with Crippen molar-refractivity contribution in [1.29, 1.82) is 0 Å². The minimum absolute atomic E-state index is 0.0486. The first-order chi connectivity index (χ1) is 32.0. The molecule has 2 aromatic rings. The number of rotatable bonds is 22. The lowest BCUT2D eigenvalue weighted by Crippen LogP contribution is -2.63. The highest BCUT2D eigenvalue weighted by Gasteiger charge is 2.47. The number of amides is 6. The second-order valence-corrected chi connectivity index (χ2v) is 22.0. The number of carbonyl (C=O) groups excluding carboxylic acids is 6. The Balaban J connectivity index is 2.31. The van der Waals surface area contributed by atoms with Gasteiger partial charge in [-0.05, 0) is 97.1 Å². The largest absolute Gasteiger partial charge is 0.480 e. The number of para-hydroxylation sites is 1. The molecule has 5 atom stereocenters. The van der Waals surface area contributed by atoms with Crippen LogP contribution in [0.3, 0.4) is 0 Å². The van der Waals surface area contributed by atoms with E-state index in [0.717, 1.165) is 16.5 Å². The van der Waals surface area contributed by atoms with E-state index in [1.165, 1.54) is 29.8 Å². The molecule has 1 aromatic heterocycles. The summed E-state index contributed by atoms with van der Waals surface area (Å²) in [5, 5.41) is 31.0. The molecule has 0 aliphatic carbocycles. The van der Waals surface area contributed by atoms with E-state index in [-0.39, 0.29) is 30.9 Å². The number of nitrogens with zero attached hydrogens (tertiary/aromatic N) is 3. The fourth-order valence-electron chi connectivity index (χ4n) is 8.04. The number of benzene rings is 1. The minimum atomic E-state index is -1.52. The number of likely N-dealkylation sites (N-methyl/N-ethyl adjacent to an activating group) is 2. The normalized spacial score (nSPS) is 14.6. The van der Waals surface area contributed by atoms with Crippen LogP contribution in [0.1, 0.15) is 135 Å². The molecule has 19 nitrogen and oxygen atoms in total. The highest BCUT2D eigenvalue weighted by atomic mass is 16.6. The first-order valence-electron chi connectivity index (χ1n) is 23.8. The third-order valence-corrected chi connectivity index (χ3v) is 11.7. The molecule has 0 radical (unpaired) electrons. The quantitative estimate of drug-likeness (QED) is 0.0564. The average Bonchev–Trinajstić information content (AvgIpc) is 3.56. The summed E-state index contributed by atoms with van der Waals surface area (Å²) in [6.07, 6.45) is 2.16. The number of carboxylic acid groups (broad SMARTS) is 2. The van der Waals surface area contributed by atoms with Crippen LogP contribution in [0.2, 0.25) is 0 Å². The maximum Gasteiger partial charge on any atom is 0.410 e. The maximum atomic E-state index is 14.9. The SMILES string of the molecule is C/C(=C\[C@H](C(C)C)N(C)C(=O)[C@@H](NC(=O)[C@@H](N(C)C(=O)OC(C)(C)C)C(C)(C)c1cn(C)c2ccccc12)C(C)(C)C)C(=O)N[C@H](CCC(=O)N[C@@H](CCCCNC(=O)OC(C)(C)C)C(=O)O)C(=O)O. The van der Waals surface area contributed by atoms with Crippen LogP contribution >= 0.6 is 0 Å². The van der Waals surface area contributed by atoms with E-state index >= 15 is 0 Å². The van der Waals surface area contributed by atoms with Gasteiger partial charge in [-0.1, -0.05) is 72.7 Å². The number of aromatic nitrogens is 1. The average molecular weight is 984 g/mol. The molecule has 2 rings (SSSR count). The van der Waals surface area contributed by atoms with Crippen molar-refractivity contribution in [2.45, 2.75) is 176 Å². The molecule has 0 spiro atoms. The van der Waals surface area contributed by atoms with Gasteiger partial charge in [-0.25, -0.2) is 19.2 Å². The minimum Gasteiger partial charge on any atom is -0.480 e. The molecule has 6 N–H and O–H groups in total. The van der Waals surface area contributed by atoms with Crippen LogP contribution in [0.5, 0.6) is 0 Å². The van der Waals surface area contributed by atoms with Gasteiger partial charge in [0.2, 0.25) is 23.6 Å². The lowest BCUT2D eigenvalue weighted by Gasteiger charge is -2.42. The number of nitrogens with one attached hydrogen (secondary N) is 4. The van der Waals surface area contributed by atoms with Crippen LogP contribution in [0, 0.1) is 11.3 Å². The lowest BCUT2D eigenvalue weighted by molar-refractivity contribution is -0.143. The highest BCUT2D eigenvalue weighted by Crippen LogP contribution is 2.37. The number of fused-ring (bicyclic) bond motifs is 1. The predicted octanol–water partition coefficient (Wildman–Crippen LogP) is 6.27. The van der Waals surface area contributed by atoms with E-state index in [0.29, 0.717) is 12.8 Å². The van der Waals surface area contributed by atoms with Crippen molar-refractivity contribution in [2.75, 3.05) is 20.6 Å². The van der Waals surface area contributed by atoms with Crippen LogP contribution in [0.4, 0.5) is 9.59 Å². The monoisotopic (exact) mass is 984 g/mol. The summed E-state index contributed by atoms with van der Waals surface area (Å²) in [5.41, 5.74) is -1.66. The van der Waals surface area contributed by atoms with Crippen LogP contribution in [-0.2, 0) is 50.7 Å². The van der Waals surface area contributed by atoms with Crippen LogP contribution in [0.15, 0.2) is 42.1 Å². The molecule has 0 aliphatic heterocycles. The zero-order chi connectivity index (χ0) is 53.9. The molecular weight excluding hydrogens is 903 g/mol. The number of aliphatic carboxylic acids is 2. The fourth-order valence-corrected chi connectivity index (χ4v) is 8.04. The summed E-state index contributed by atoms with van der Waals surface area (Å²) in [6.45, 7) is 24.9. The number of hydrogen-bond donors (Lipinski definition) is 6. The Labute approximate surface area is 413 Å². The van der Waals surface area contributed by atoms with Crippen molar-refractivity contribution >= 4 is 58.7 Å². The van der Waals surface area contributed by atoms with Crippen molar-refractivity contribution in [2.24, 2.45) is 18.4 Å². The third-order valence-electron chi connectivity index (χ3n) is 11.7. The molecule has 6 amide bonds. The number of carboxylic acids is 2. The number of ether oxygens (including phenoxy) is 2. The molecule has 0 bridgehead atoms. The van der Waals surface area contributed by atoms with E-state index in [9.17, 15) is 48.6 Å². The van der Waals surface area contributed by atoms with E-state index < -0.39 is 106 Å². The Bertz CT molecular complexity index is 2230. The fraction of sp³-hybridized carbons (Fsp3) is 0.647. The van der Waals surface area contributed by atoms with Gasteiger partial charge in [0.25, 0.3) is 0 Å². The standard InChI is InChI=1S/C51H81N7O12/c1-30(2)37(28-31(3)41(60)54-35(45(65)66)25-26-38(59)53-34(44(63)64)23-20-21-27-52-46(67)69-49(7,8)9)57(16)43(62)39(48(4,5)6)55-42(61)40(58(17)47(68)70-50(10,11)12)51(13,14)33-29-56(15)36-24-19-18-22-32(33)36/h18-19,22,24,28-30,34-35,37,39-40H,20-21,23,25-27H2,1-17H3,(H,52,67)(H,53,59)(H,54,60)(H,55,61)(H,63,64)(H,65,66)/b31-28+/t34-,35+,37+,39+,40+/m0/s1. The Morgan fingerprint density at radius 2 is 1.31 bits per heavy atom. The van der Waals surface area contributed by atoms with E-state index in [2.05, 4.69) is 21.3 Å². The summed E-state index contributed by atoms with van der Waals surface area (Å²) in [5.74, 6) is -5.58. The number of hydrogen-bond acceptors (Lipinski definition) is 10. The highest BCUT2D eigenvalue weighted by molar-refractivity contribution is 5.97. The van der Waals surface area contributed by atoms with Crippen molar-refractivity contribution in [3.63, 3.8) is 0 Å². The van der Waals surface area contributed by atoms with Crippen molar-refractivity contribution in [3.05, 3.63) is 47.7 Å². The van der Waals surface area contributed by atoms with Crippen molar-refractivity contribution in [1.82, 2.24) is 35.6 Å². The Morgan fingerprint density at radius 3 is 1.84 bits per heavy atom. The Hall–Kier alpha value is -6.14. The van der Waals surface area contributed by atoms with E-state index in [4.69, 9.17) is 9.47 Å². The van der Waals surface area contributed by atoms with Gasteiger partial charge >= 0.3 is 24.1 Å². The summed E-state index contributed by atoms with van der Waals surface area (Å²) < 4.78 is 12.9. The van der Waals surface area contributed by atoms with Crippen LogP contribution in [-0.4, -0.2) is 134 Å². The summed E-state index contributed by atoms with van der Waals surface area (Å²) in [6, 6.07) is 1.89. The van der Waals surface area contributed by atoms with Gasteiger partial charge in [0.1, 0.15) is 35.4 Å². The maximum absolute atomic E-state index is 14.9. The van der Waals surface area contributed by atoms with Gasteiger partial charge in [0, 0.05) is 62.2 Å². The first kappa shape index (κ1) is 60.0. The zero-order valence-electron chi connectivity index (χ0n) is 44.5. The molecular formula is C51H81N7O12. The van der Waals surface area contributed by atoms with Gasteiger partial charge in [-0.2, -0.15) is 0 Å². The topological polar surface area (TPSA) is 255 Å². The predicted molar refractivity (Wildman–Crippen MR) is 267 cm³/mol. The summed E-state index contributed by atoms with van der Waals surface area (Å²) >= 11 is 0.